The van der Waals surface area contributed by atoms with E-state index in [1.165, 1.54) is 0 Å². The van der Waals surface area contributed by atoms with Gasteiger partial charge in [0.05, 0.1) is 10.4 Å². The minimum atomic E-state index is -0.424. The fraction of sp³-hybridized carbons (Fsp3) is 0.300. The number of nitro groups is 1. The molecule has 0 amide bonds. The second-order valence-corrected chi connectivity index (χ2v) is 6.03. The second kappa shape index (κ2) is 5.26. The Morgan fingerprint density at radius 1 is 1.44 bits per heavy atom. The van der Waals surface area contributed by atoms with Crippen molar-refractivity contribution in [3.63, 3.8) is 0 Å². The Morgan fingerprint density at radius 2 is 2.11 bits per heavy atom. The monoisotopic (exact) mass is 439 g/mol. The van der Waals surface area contributed by atoms with Gasteiger partial charge in [-0.3, -0.25) is 10.1 Å². The third-order valence-electron chi connectivity index (χ3n) is 2.50. The van der Waals surface area contributed by atoms with Gasteiger partial charge in [-0.25, -0.2) is 4.98 Å². The summed E-state index contributed by atoms with van der Waals surface area (Å²) in [6.45, 7) is 2.79. The molecule has 96 valence electrons. The fourth-order valence-corrected chi connectivity index (χ4v) is 3.16. The molecular formula is C10H8Br3N3O2. The lowest BCUT2D eigenvalue weighted by molar-refractivity contribution is -0.384. The van der Waals surface area contributed by atoms with E-state index in [2.05, 4.69) is 52.8 Å². The molecule has 1 aromatic carbocycles. The number of aromatic nitrogens is 2. The van der Waals surface area contributed by atoms with Crippen LogP contribution in [0.15, 0.2) is 19.7 Å². The van der Waals surface area contributed by atoms with Crippen LogP contribution in [0.5, 0.6) is 0 Å². The summed E-state index contributed by atoms with van der Waals surface area (Å²) >= 11 is 9.89. The van der Waals surface area contributed by atoms with Crippen LogP contribution < -0.4 is 0 Å². The van der Waals surface area contributed by atoms with E-state index in [-0.39, 0.29) is 5.69 Å². The van der Waals surface area contributed by atoms with E-state index in [9.17, 15) is 10.1 Å². The molecule has 0 aliphatic heterocycles. The van der Waals surface area contributed by atoms with Crippen molar-refractivity contribution < 1.29 is 4.92 Å². The highest BCUT2D eigenvalue weighted by molar-refractivity contribution is 9.13. The van der Waals surface area contributed by atoms with Gasteiger partial charge >= 0.3 is 5.69 Å². The van der Waals surface area contributed by atoms with Crippen LogP contribution in [0.1, 0.15) is 13.3 Å². The van der Waals surface area contributed by atoms with Crippen molar-refractivity contribution in [3.05, 3.63) is 29.9 Å². The maximum atomic E-state index is 11.2. The number of fused-ring (bicyclic) bond motifs is 1. The van der Waals surface area contributed by atoms with Crippen LogP contribution in [0, 0.1) is 10.1 Å². The van der Waals surface area contributed by atoms with Crippen LogP contribution in [0.25, 0.3) is 11.0 Å². The first-order chi connectivity index (χ1) is 8.47. The first-order valence-corrected chi connectivity index (χ1v) is 7.53. The fourth-order valence-electron chi connectivity index (χ4n) is 1.76. The van der Waals surface area contributed by atoms with Gasteiger partial charge < -0.3 is 4.57 Å². The third-order valence-corrected chi connectivity index (χ3v) is 5.06. The Hall–Kier alpha value is -0.470. The van der Waals surface area contributed by atoms with Gasteiger partial charge in [0, 0.05) is 11.0 Å². The molecule has 2 aromatic rings. The lowest BCUT2D eigenvalue weighted by atomic mass is 10.2. The Kier molecular flexibility index (Phi) is 4.08. The first-order valence-electron chi connectivity index (χ1n) is 5.15. The summed E-state index contributed by atoms with van der Waals surface area (Å²) in [5, 5.41) is 11.2. The van der Waals surface area contributed by atoms with Crippen molar-refractivity contribution in [3.8, 4) is 0 Å². The molecule has 0 radical (unpaired) electrons. The largest absolute Gasteiger partial charge is 0.318 e. The minimum Gasteiger partial charge on any atom is -0.318 e. The summed E-state index contributed by atoms with van der Waals surface area (Å²) in [7, 11) is 0. The van der Waals surface area contributed by atoms with Gasteiger partial charge in [0.25, 0.3) is 0 Å². The van der Waals surface area contributed by atoms with Gasteiger partial charge in [-0.2, -0.15) is 0 Å². The van der Waals surface area contributed by atoms with Crippen molar-refractivity contribution in [2.45, 2.75) is 19.9 Å². The number of nitro benzene ring substituents is 1. The number of rotatable bonds is 3. The summed E-state index contributed by atoms with van der Waals surface area (Å²) in [6, 6.07) is 1.83. The van der Waals surface area contributed by atoms with E-state index in [0.717, 1.165) is 18.5 Å². The molecule has 0 saturated carbocycles. The molecule has 0 spiro atoms. The van der Waals surface area contributed by atoms with Crippen LogP contribution in [-0.4, -0.2) is 14.5 Å². The zero-order valence-corrected chi connectivity index (χ0v) is 14.0. The van der Waals surface area contributed by atoms with Crippen molar-refractivity contribution in [2.75, 3.05) is 0 Å². The molecule has 18 heavy (non-hydrogen) atoms. The molecule has 0 saturated heterocycles. The van der Waals surface area contributed by atoms with Crippen molar-refractivity contribution >= 4 is 64.5 Å². The van der Waals surface area contributed by atoms with Gasteiger partial charge in [-0.05, 0) is 60.3 Å². The van der Waals surface area contributed by atoms with E-state index >= 15 is 0 Å². The summed E-state index contributed by atoms with van der Waals surface area (Å²) in [5.41, 5.74) is 1.11. The van der Waals surface area contributed by atoms with E-state index in [1.807, 2.05) is 17.6 Å². The summed E-state index contributed by atoms with van der Waals surface area (Å²) in [6.07, 6.45) is 0.922. The number of hydrogen-bond acceptors (Lipinski definition) is 3. The Labute approximate surface area is 128 Å². The number of aryl methyl sites for hydroxylation is 1. The molecule has 1 aromatic heterocycles. The average Bonchev–Trinajstić information content (AvgIpc) is 2.57. The zero-order chi connectivity index (χ0) is 13.4. The van der Waals surface area contributed by atoms with Gasteiger partial charge in [0.2, 0.25) is 0 Å². The lowest BCUT2D eigenvalue weighted by Gasteiger charge is -2.04. The standard InChI is InChI=1S/C10H8Br3N3O2/c1-2-3-15-6-4-5(11)7(12)9(16(17)18)8(6)14-10(15)13/h4H,2-3H2,1H3. The molecule has 5 nitrogen and oxygen atoms in total. The van der Waals surface area contributed by atoms with Gasteiger partial charge in [0.15, 0.2) is 10.3 Å². The molecule has 1 heterocycles. The minimum absolute atomic E-state index is 0.0186. The molecule has 0 aliphatic rings. The highest BCUT2D eigenvalue weighted by Gasteiger charge is 2.24. The molecule has 0 atom stereocenters. The van der Waals surface area contributed by atoms with Crippen LogP contribution in [0.2, 0.25) is 0 Å². The number of nitrogens with zero attached hydrogens (tertiary/aromatic N) is 3. The topological polar surface area (TPSA) is 61.0 Å². The Bertz CT molecular complexity index is 639. The van der Waals surface area contributed by atoms with E-state index in [4.69, 9.17) is 0 Å². The van der Waals surface area contributed by atoms with Crippen molar-refractivity contribution in [2.24, 2.45) is 0 Å². The number of halogens is 3. The van der Waals surface area contributed by atoms with Crippen LogP contribution in [-0.2, 0) is 6.54 Å². The first kappa shape index (κ1) is 14.0. The van der Waals surface area contributed by atoms with E-state index < -0.39 is 4.92 Å². The van der Waals surface area contributed by atoms with Crippen molar-refractivity contribution in [1.82, 2.24) is 9.55 Å². The number of hydrogen-bond donors (Lipinski definition) is 0. The van der Waals surface area contributed by atoms with Gasteiger partial charge in [-0.15, -0.1) is 0 Å². The van der Waals surface area contributed by atoms with Gasteiger partial charge in [-0.1, -0.05) is 6.92 Å². The Balaban J connectivity index is 2.87. The molecule has 0 bridgehead atoms. The molecule has 0 aliphatic carbocycles. The molecular weight excluding hydrogens is 434 g/mol. The van der Waals surface area contributed by atoms with Crippen LogP contribution in [0.4, 0.5) is 5.69 Å². The molecule has 0 fully saturated rings. The normalized spacial score (nSPS) is 11.1. The van der Waals surface area contributed by atoms with Gasteiger partial charge in [0.1, 0.15) is 4.47 Å². The maximum Gasteiger partial charge on any atom is 0.312 e. The van der Waals surface area contributed by atoms with Crippen LogP contribution >= 0.6 is 47.8 Å². The van der Waals surface area contributed by atoms with Crippen LogP contribution in [0.3, 0.4) is 0 Å². The maximum absolute atomic E-state index is 11.2. The summed E-state index contributed by atoms with van der Waals surface area (Å²) in [5.74, 6) is 0. The molecule has 8 heteroatoms. The molecule has 2 rings (SSSR count). The highest BCUT2D eigenvalue weighted by Crippen LogP contribution is 2.39. The summed E-state index contributed by atoms with van der Waals surface area (Å²) in [4.78, 5) is 15.0. The van der Waals surface area contributed by atoms with E-state index in [1.54, 1.807) is 0 Å². The summed E-state index contributed by atoms with van der Waals surface area (Å²) < 4.78 is 3.58. The predicted molar refractivity (Wildman–Crippen MR) is 79.8 cm³/mol. The molecule has 0 unspecified atom stereocenters. The lowest BCUT2D eigenvalue weighted by Crippen LogP contribution is -1.97. The highest BCUT2D eigenvalue weighted by atomic mass is 79.9. The third kappa shape index (κ3) is 2.21. The number of imidazole rings is 1. The Morgan fingerprint density at radius 3 is 2.67 bits per heavy atom. The SMILES string of the molecule is CCCn1c(Br)nc2c([N+](=O)[O-])c(Br)c(Br)cc21. The smallest absolute Gasteiger partial charge is 0.312 e. The van der Waals surface area contributed by atoms with E-state index in [0.29, 0.717) is 19.2 Å². The molecule has 0 N–H and O–H groups in total. The quantitative estimate of drug-likeness (QED) is 0.515. The number of benzene rings is 1. The predicted octanol–water partition coefficient (Wildman–Crippen LogP) is 4.64. The zero-order valence-electron chi connectivity index (χ0n) is 9.28. The van der Waals surface area contributed by atoms with Crippen molar-refractivity contribution in [1.29, 1.82) is 0 Å². The average molecular weight is 442 g/mol. The second-order valence-electron chi connectivity index (χ2n) is 3.68.